The molecule has 1 atom stereocenters. The number of carbonyl (C=O) groups is 2. The van der Waals surface area contributed by atoms with Crippen molar-refractivity contribution in [2.45, 2.75) is 25.7 Å². The highest BCUT2D eigenvalue weighted by molar-refractivity contribution is 6.34. The van der Waals surface area contributed by atoms with E-state index in [9.17, 15) is 9.59 Å². The van der Waals surface area contributed by atoms with Gasteiger partial charge in [-0.3, -0.25) is 14.3 Å². The minimum absolute atomic E-state index is 0.00599. The quantitative estimate of drug-likeness (QED) is 0.506. The molecule has 1 amide bonds. The third-order valence-corrected chi connectivity index (χ3v) is 6.06. The summed E-state index contributed by atoms with van der Waals surface area (Å²) in [5, 5.41) is 5.29. The Bertz CT molecular complexity index is 1140. The van der Waals surface area contributed by atoms with Gasteiger partial charge in [0, 0.05) is 36.3 Å². The smallest absolute Gasteiger partial charge is 0.276 e. The lowest BCUT2D eigenvalue weighted by molar-refractivity contribution is 0.0968. The molecule has 2 aromatic carbocycles. The number of rotatable bonds is 4. The van der Waals surface area contributed by atoms with Gasteiger partial charge in [0.25, 0.3) is 5.91 Å². The van der Waals surface area contributed by atoms with E-state index < -0.39 is 0 Å². The van der Waals surface area contributed by atoms with Crippen molar-refractivity contribution in [3.05, 3.63) is 81.1 Å². The average molecular weight is 442 g/mol. The lowest BCUT2D eigenvalue weighted by atomic mass is 9.85. The fraction of sp³-hybridized carbons (Fsp3) is 0.261. The maximum atomic E-state index is 13.2. The second-order valence-electron chi connectivity index (χ2n) is 7.55. The van der Waals surface area contributed by atoms with Crippen molar-refractivity contribution in [3.8, 4) is 0 Å². The molecule has 0 saturated heterocycles. The van der Waals surface area contributed by atoms with E-state index in [1.54, 1.807) is 53.0 Å². The second kappa shape index (κ2) is 8.25. The van der Waals surface area contributed by atoms with Gasteiger partial charge in [-0.25, -0.2) is 0 Å². The van der Waals surface area contributed by atoms with Crippen LogP contribution in [0, 0.1) is 6.92 Å². The number of anilines is 1. The highest BCUT2D eigenvalue weighted by Gasteiger charge is 2.32. The summed E-state index contributed by atoms with van der Waals surface area (Å²) in [6.45, 7) is 2.35. The summed E-state index contributed by atoms with van der Waals surface area (Å²) in [5.74, 6) is -0.149. The van der Waals surface area contributed by atoms with Gasteiger partial charge in [0.05, 0.1) is 10.7 Å². The summed E-state index contributed by atoms with van der Waals surface area (Å²) in [6.07, 6.45) is 0.999. The molecule has 0 aliphatic carbocycles. The summed E-state index contributed by atoms with van der Waals surface area (Å²) in [6, 6.07) is 14.4. The van der Waals surface area contributed by atoms with Crippen molar-refractivity contribution in [3.63, 3.8) is 0 Å². The molecule has 7 heteroatoms. The zero-order chi connectivity index (χ0) is 21.4. The standard InChI is InChI=1S/C23H21Cl2N3O2/c1-14-11-21(27(2)26-14)23(30)28-10-9-15(17-8-7-16(24)13-20(17)28)12-22(29)18-5-3-4-6-19(18)25/h3-8,11,13,15H,9-10,12H2,1-2H3. The molecule has 1 aliphatic rings. The van der Waals surface area contributed by atoms with Gasteiger partial charge < -0.3 is 4.90 Å². The molecule has 3 aromatic rings. The Hall–Kier alpha value is -2.63. The predicted octanol–water partition coefficient (Wildman–Crippen LogP) is 5.44. The van der Waals surface area contributed by atoms with Crippen molar-refractivity contribution in [2.24, 2.45) is 7.05 Å². The Balaban J connectivity index is 1.66. The van der Waals surface area contributed by atoms with Crippen molar-refractivity contribution in [1.82, 2.24) is 9.78 Å². The third-order valence-electron chi connectivity index (χ3n) is 5.50. The number of ketones is 1. The summed E-state index contributed by atoms with van der Waals surface area (Å²) >= 11 is 12.5. The third kappa shape index (κ3) is 3.87. The number of nitrogens with zero attached hydrogens (tertiary/aromatic N) is 3. The highest BCUT2D eigenvalue weighted by Crippen LogP contribution is 2.40. The number of aromatic nitrogens is 2. The molecule has 30 heavy (non-hydrogen) atoms. The van der Waals surface area contributed by atoms with Crippen molar-refractivity contribution < 1.29 is 9.59 Å². The summed E-state index contributed by atoms with van der Waals surface area (Å²) in [5.41, 5.74) is 3.52. The van der Waals surface area contributed by atoms with Crippen LogP contribution in [-0.4, -0.2) is 28.0 Å². The fourth-order valence-electron chi connectivity index (χ4n) is 4.05. The van der Waals surface area contributed by atoms with Crippen molar-refractivity contribution >= 4 is 40.6 Å². The fourth-order valence-corrected chi connectivity index (χ4v) is 4.46. The first kappa shape index (κ1) is 20.6. The van der Waals surface area contributed by atoms with E-state index in [1.807, 2.05) is 19.1 Å². The van der Waals surface area contributed by atoms with Gasteiger partial charge in [-0.15, -0.1) is 0 Å². The number of aryl methyl sites for hydroxylation is 2. The Labute approximate surface area is 185 Å². The zero-order valence-corrected chi connectivity index (χ0v) is 18.2. The molecular weight excluding hydrogens is 421 g/mol. The SMILES string of the molecule is Cc1cc(C(=O)N2CCC(CC(=O)c3ccccc3Cl)c3ccc(Cl)cc32)n(C)n1. The van der Waals surface area contributed by atoms with Gasteiger partial charge in [-0.2, -0.15) is 5.10 Å². The maximum Gasteiger partial charge on any atom is 0.276 e. The normalized spacial score (nSPS) is 15.7. The lowest BCUT2D eigenvalue weighted by Crippen LogP contribution is -2.38. The van der Waals surface area contributed by atoms with Crippen LogP contribution in [0.25, 0.3) is 0 Å². The Kier molecular flexibility index (Phi) is 5.67. The van der Waals surface area contributed by atoms with Gasteiger partial charge in [0.1, 0.15) is 5.69 Å². The molecule has 0 bridgehead atoms. The first-order chi connectivity index (χ1) is 14.3. The van der Waals surface area contributed by atoms with Crippen LogP contribution in [0.3, 0.4) is 0 Å². The molecule has 0 N–H and O–H groups in total. The van der Waals surface area contributed by atoms with Crippen LogP contribution in [-0.2, 0) is 7.05 Å². The predicted molar refractivity (Wildman–Crippen MR) is 119 cm³/mol. The van der Waals surface area contributed by atoms with E-state index in [4.69, 9.17) is 23.2 Å². The number of Topliss-reactive ketones (excluding diaryl/α,β-unsaturated/α-hetero) is 1. The van der Waals surface area contributed by atoms with E-state index >= 15 is 0 Å². The van der Waals surface area contributed by atoms with Crippen LogP contribution in [0.4, 0.5) is 5.69 Å². The highest BCUT2D eigenvalue weighted by atomic mass is 35.5. The lowest BCUT2D eigenvalue weighted by Gasteiger charge is -2.34. The van der Waals surface area contributed by atoms with E-state index in [1.165, 1.54) is 0 Å². The minimum Gasteiger partial charge on any atom is -0.307 e. The van der Waals surface area contributed by atoms with Crippen LogP contribution in [0.15, 0.2) is 48.5 Å². The van der Waals surface area contributed by atoms with Crippen LogP contribution in [0.1, 0.15) is 50.9 Å². The monoisotopic (exact) mass is 441 g/mol. The van der Waals surface area contributed by atoms with Gasteiger partial charge in [0.15, 0.2) is 5.78 Å². The summed E-state index contributed by atoms with van der Waals surface area (Å²) in [7, 11) is 1.76. The van der Waals surface area contributed by atoms with E-state index in [0.717, 1.165) is 16.9 Å². The largest absolute Gasteiger partial charge is 0.307 e. The Morgan fingerprint density at radius 1 is 1.13 bits per heavy atom. The van der Waals surface area contributed by atoms with Gasteiger partial charge in [-0.05, 0) is 55.2 Å². The molecular formula is C23H21Cl2N3O2. The first-order valence-corrected chi connectivity index (χ1v) is 10.5. The number of benzene rings is 2. The summed E-state index contributed by atoms with van der Waals surface area (Å²) in [4.78, 5) is 27.9. The molecule has 1 unspecified atom stereocenters. The summed E-state index contributed by atoms with van der Waals surface area (Å²) < 4.78 is 1.59. The first-order valence-electron chi connectivity index (χ1n) is 9.75. The maximum absolute atomic E-state index is 13.2. The molecule has 4 rings (SSSR count). The number of amides is 1. The Morgan fingerprint density at radius 3 is 2.60 bits per heavy atom. The van der Waals surface area contributed by atoms with E-state index in [0.29, 0.717) is 40.7 Å². The van der Waals surface area contributed by atoms with E-state index in [2.05, 4.69) is 5.10 Å². The molecule has 1 aromatic heterocycles. The number of halogens is 2. The molecule has 0 fully saturated rings. The van der Waals surface area contributed by atoms with Crippen LogP contribution in [0.2, 0.25) is 10.0 Å². The Morgan fingerprint density at radius 2 is 1.90 bits per heavy atom. The van der Waals surface area contributed by atoms with Crippen LogP contribution in [0.5, 0.6) is 0 Å². The number of fused-ring (bicyclic) bond motifs is 1. The van der Waals surface area contributed by atoms with Crippen molar-refractivity contribution in [1.29, 1.82) is 0 Å². The number of hydrogen-bond donors (Lipinski definition) is 0. The average Bonchev–Trinajstić information content (AvgIpc) is 3.05. The molecule has 154 valence electrons. The topological polar surface area (TPSA) is 55.2 Å². The van der Waals surface area contributed by atoms with Gasteiger partial charge in [0.2, 0.25) is 0 Å². The number of carbonyl (C=O) groups excluding carboxylic acids is 2. The van der Waals surface area contributed by atoms with Gasteiger partial charge in [-0.1, -0.05) is 41.4 Å². The van der Waals surface area contributed by atoms with Crippen molar-refractivity contribution in [2.75, 3.05) is 11.4 Å². The molecule has 0 saturated carbocycles. The molecule has 0 radical (unpaired) electrons. The zero-order valence-electron chi connectivity index (χ0n) is 16.7. The molecule has 0 spiro atoms. The molecule has 1 aliphatic heterocycles. The van der Waals surface area contributed by atoms with Crippen LogP contribution >= 0.6 is 23.2 Å². The molecule has 2 heterocycles. The molecule has 5 nitrogen and oxygen atoms in total. The van der Waals surface area contributed by atoms with Crippen LogP contribution < -0.4 is 4.90 Å². The number of hydrogen-bond acceptors (Lipinski definition) is 3. The minimum atomic E-state index is -0.127. The second-order valence-corrected chi connectivity index (χ2v) is 8.39. The van der Waals surface area contributed by atoms with E-state index in [-0.39, 0.29) is 17.6 Å². The van der Waals surface area contributed by atoms with Gasteiger partial charge >= 0.3 is 0 Å².